The lowest BCUT2D eigenvalue weighted by Crippen LogP contribution is -3.00. The van der Waals surface area contributed by atoms with Gasteiger partial charge in [-0.05, 0) is 37.1 Å². The maximum Gasteiger partial charge on any atom is 0.262 e. The van der Waals surface area contributed by atoms with Crippen LogP contribution in [0.5, 0.6) is 0 Å². The third-order valence-electron chi connectivity index (χ3n) is 6.17. The molecule has 0 bridgehead atoms. The molecule has 190 valence electrons. The highest BCUT2D eigenvalue weighted by Gasteiger charge is 2.23. The highest BCUT2D eigenvalue weighted by atomic mass is 127. The minimum absolute atomic E-state index is 0. The first-order valence-corrected chi connectivity index (χ1v) is 14.6. The van der Waals surface area contributed by atoms with Gasteiger partial charge in [-0.2, -0.15) is 4.57 Å². The van der Waals surface area contributed by atoms with Crippen molar-refractivity contribution in [3.63, 3.8) is 0 Å². The number of unbranched alkanes of at least 4 members (excludes halogenated alkanes) is 4. The Balaban J connectivity index is 0.00000361. The average Bonchev–Trinajstić information content (AvgIpc) is 3.41. The van der Waals surface area contributed by atoms with Gasteiger partial charge < -0.3 is 28.9 Å². The maximum atomic E-state index is 2.47. The summed E-state index contributed by atoms with van der Waals surface area (Å²) in [5.41, 5.74) is 2.70. The van der Waals surface area contributed by atoms with Crippen LogP contribution in [-0.4, -0.2) is 6.54 Å². The van der Waals surface area contributed by atoms with Crippen molar-refractivity contribution in [1.29, 1.82) is 0 Å². The van der Waals surface area contributed by atoms with Crippen molar-refractivity contribution < 1.29 is 28.5 Å². The van der Waals surface area contributed by atoms with Crippen LogP contribution in [0.4, 0.5) is 5.69 Å². The molecule has 0 unspecified atom stereocenters. The number of nitrogens with zero attached hydrogens (tertiary/aromatic N) is 2. The molecule has 4 rings (SSSR count). The second kappa shape index (κ2) is 15.4. The molecule has 0 amide bonds. The number of allylic oxidation sites excluding steroid dienone is 6. The molecule has 2 nitrogen and oxygen atoms in total. The second-order valence-electron chi connectivity index (χ2n) is 8.83. The number of hydrogen-bond donors (Lipinski definition) is 0. The molecule has 0 N–H and O–H groups in total. The monoisotopic (exact) mass is 628 g/mol. The fourth-order valence-corrected chi connectivity index (χ4v) is 6.53. The summed E-state index contributed by atoms with van der Waals surface area (Å²) >= 11 is 3.75. The number of hydrogen-bond acceptors (Lipinski definition) is 3. The van der Waals surface area contributed by atoms with E-state index in [1.54, 1.807) is 0 Å². The highest BCUT2D eigenvalue weighted by Crippen LogP contribution is 2.45. The molecular formula is C31H37IN2S2. The normalized spacial score (nSPS) is 14.6. The van der Waals surface area contributed by atoms with E-state index in [0.29, 0.717) is 0 Å². The van der Waals surface area contributed by atoms with E-state index in [9.17, 15) is 0 Å². The fraction of sp³-hybridized carbons (Fsp3) is 0.323. The van der Waals surface area contributed by atoms with Crippen LogP contribution in [0.3, 0.4) is 0 Å². The van der Waals surface area contributed by atoms with Gasteiger partial charge in [-0.15, -0.1) is 0 Å². The number of aryl methyl sites for hydroxylation is 1. The zero-order valence-electron chi connectivity index (χ0n) is 21.4. The molecule has 1 aliphatic rings. The summed E-state index contributed by atoms with van der Waals surface area (Å²) in [6.07, 6.45) is 22.7. The Kier molecular flexibility index (Phi) is 12.3. The summed E-state index contributed by atoms with van der Waals surface area (Å²) in [6.45, 7) is 6.70. The van der Waals surface area contributed by atoms with E-state index in [4.69, 9.17) is 0 Å². The molecule has 0 saturated heterocycles. The molecule has 2 heterocycles. The van der Waals surface area contributed by atoms with Gasteiger partial charge in [0.05, 0.1) is 10.7 Å². The Morgan fingerprint density at radius 3 is 2.39 bits per heavy atom. The number of benzene rings is 2. The lowest BCUT2D eigenvalue weighted by molar-refractivity contribution is -0.669. The Hall–Kier alpha value is -1.83. The van der Waals surface area contributed by atoms with Crippen LogP contribution in [0.2, 0.25) is 0 Å². The standard InChI is InChI=1S/C31H37N2S2.HI/c1-3-5-16-24-32-26-18-12-14-20-28(26)34-30(32)22-10-8-7-9-11-23-31-33(25-17-6-4-2)27-19-13-15-21-29(27)35-31;/h7-15,18-23H,3-6,16-17,24-25H2,1-2H3;1H/q+1;/p-1. The number of rotatable bonds is 12. The van der Waals surface area contributed by atoms with E-state index in [2.05, 4.69) is 114 Å². The SMILES string of the molecule is CCCCCN1/C(=C/C=C/C=C/C=C/c2sc3ccccc3[n+]2CCCCC)Sc2ccccc21.[I-]. The van der Waals surface area contributed by atoms with Crippen molar-refractivity contribution in [2.45, 2.75) is 63.8 Å². The first-order valence-electron chi connectivity index (χ1n) is 13.0. The minimum atomic E-state index is 0. The number of thioether (sulfide) groups is 1. The molecule has 36 heavy (non-hydrogen) atoms. The number of fused-ring (bicyclic) bond motifs is 2. The Morgan fingerprint density at radius 1 is 0.806 bits per heavy atom. The van der Waals surface area contributed by atoms with Gasteiger partial charge in [-0.25, -0.2) is 0 Å². The van der Waals surface area contributed by atoms with Crippen molar-refractivity contribution in [2.75, 3.05) is 11.4 Å². The number of aromatic nitrogens is 1. The van der Waals surface area contributed by atoms with Crippen LogP contribution in [-0.2, 0) is 6.54 Å². The molecule has 1 aromatic heterocycles. The zero-order valence-corrected chi connectivity index (χ0v) is 25.2. The number of halogens is 1. The molecule has 0 aliphatic carbocycles. The molecule has 0 saturated carbocycles. The molecule has 0 spiro atoms. The van der Waals surface area contributed by atoms with E-state index in [-0.39, 0.29) is 24.0 Å². The van der Waals surface area contributed by atoms with E-state index in [1.165, 1.54) is 69.4 Å². The van der Waals surface area contributed by atoms with Gasteiger partial charge in [-0.3, -0.25) is 0 Å². The van der Waals surface area contributed by atoms with Gasteiger partial charge in [-0.1, -0.05) is 111 Å². The lowest BCUT2D eigenvalue weighted by Gasteiger charge is -2.20. The molecular weight excluding hydrogens is 591 g/mol. The average molecular weight is 629 g/mol. The molecule has 3 aromatic rings. The molecule has 0 fully saturated rings. The Labute approximate surface area is 242 Å². The largest absolute Gasteiger partial charge is 1.00 e. The van der Waals surface area contributed by atoms with Crippen LogP contribution in [0.15, 0.2) is 94.9 Å². The van der Waals surface area contributed by atoms with Gasteiger partial charge in [0.25, 0.3) is 5.01 Å². The van der Waals surface area contributed by atoms with Gasteiger partial charge in [0.2, 0.25) is 5.52 Å². The van der Waals surface area contributed by atoms with Crippen LogP contribution in [0.1, 0.15) is 57.4 Å². The van der Waals surface area contributed by atoms with Crippen molar-refractivity contribution in [3.05, 3.63) is 95.0 Å². The number of anilines is 1. The molecule has 1 aliphatic heterocycles. The number of para-hydroxylation sites is 2. The minimum Gasteiger partial charge on any atom is -1.00 e. The van der Waals surface area contributed by atoms with Gasteiger partial charge in [0.15, 0.2) is 6.54 Å². The van der Waals surface area contributed by atoms with Gasteiger partial charge >= 0.3 is 0 Å². The summed E-state index contributed by atoms with van der Waals surface area (Å²) in [5.74, 6) is 0. The van der Waals surface area contributed by atoms with Crippen molar-refractivity contribution in [1.82, 2.24) is 0 Å². The summed E-state index contributed by atoms with van der Waals surface area (Å²) in [4.78, 5) is 3.83. The zero-order chi connectivity index (χ0) is 24.3. The smallest absolute Gasteiger partial charge is 0.262 e. The molecule has 0 radical (unpaired) electrons. The first kappa shape index (κ1) is 28.7. The quantitative estimate of drug-likeness (QED) is 0.103. The van der Waals surface area contributed by atoms with Crippen LogP contribution < -0.4 is 33.4 Å². The van der Waals surface area contributed by atoms with E-state index < -0.39 is 0 Å². The molecule has 0 atom stereocenters. The summed E-state index contributed by atoms with van der Waals surface area (Å²) in [7, 11) is 0. The van der Waals surface area contributed by atoms with E-state index >= 15 is 0 Å². The maximum absolute atomic E-state index is 2.47. The lowest BCUT2D eigenvalue weighted by atomic mass is 10.2. The van der Waals surface area contributed by atoms with Gasteiger partial charge in [0.1, 0.15) is 4.70 Å². The Morgan fingerprint density at radius 2 is 1.53 bits per heavy atom. The second-order valence-corrected chi connectivity index (χ2v) is 11.0. The van der Waals surface area contributed by atoms with Crippen molar-refractivity contribution in [3.8, 4) is 0 Å². The molecule has 5 heteroatoms. The van der Waals surface area contributed by atoms with Crippen LogP contribution in [0.25, 0.3) is 16.3 Å². The third kappa shape index (κ3) is 7.59. The fourth-order valence-electron chi connectivity index (χ4n) is 4.32. The number of thiazole rings is 1. The first-order chi connectivity index (χ1) is 17.3. The summed E-state index contributed by atoms with van der Waals surface area (Å²) < 4.78 is 3.83. The van der Waals surface area contributed by atoms with Crippen LogP contribution >= 0.6 is 23.1 Å². The van der Waals surface area contributed by atoms with Crippen molar-refractivity contribution in [2.24, 2.45) is 0 Å². The Bertz CT molecular complexity index is 1220. The van der Waals surface area contributed by atoms with Gasteiger partial charge in [0, 0.05) is 30.0 Å². The van der Waals surface area contributed by atoms with Crippen LogP contribution in [0, 0.1) is 0 Å². The van der Waals surface area contributed by atoms with E-state index in [1.807, 2.05) is 23.1 Å². The highest BCUT2D eigenvalue weighted by molar-refractivity contribution is 8.03. The summed E-state index contributed by atoms with van der Waals surface area (Å²) in [6, 6.07) is 17.5. The van der Waals surface area contributed by atoms with E-state index in [0.717, 1.165) is 13.1 Å². The third-order valence-corrected chi connectivity index (χ3v) is 8.43. The topological polar surface area (TPSA) is 7.12 Å². The van der Waals surface area contributed by atoms with Crippen molar-refractivity contribution >= 4 is 45.1 Å². The predicted octanol–water partition coefficient (Wildman–Crippen LogP) is 6.15. The molecule has 2 aromatic carbocycles. The predicted molar refractivity (Wildman–Crippen MR) is 156 cm³/mol. The summed E-state index contributed by atoms with van der Waals surface area (Å²) in [5, 5.41) is 2.64.